The van der Waals surface area contributed by atoms with E-state index in [1.165, 1.54) is 12.1 Å². The molecule has 28 heavy (non-hydrogen) atoms. The van der Waals surface area contributed by atoms with Gasteiger partial charge in [-0.15, -0.1) is 10.2 Å². The van der Waals surface area contributed by atoms with Crippen LogP contribution in [0.3, 0.4) is 0 Å². The van der Waals surface area contributed by atoms with E-state index in [2.05, 4.69) is 20.4 Å². The minimum atomic E-state index is -0.276. The zero-order valence-corrected chi connectivity index (χ0v) is 15.4. The molecule has 0 radical (unpaired) electrons. The fourth-order valence-corrected chi connectivity index (χ4v) is 3.43. The molecule has 0 spiro atoms. The average molecular weight is 376 g/mol. The molecule has 0 unspecified atom stereocenters. The number of carbonyl (C=O) groups excluding carboxylic acids is 1. The van der Waals surface area contributed by atoms with E-state index in [-0.39, 0.29) is 17.6 Å². The van der Waals surface area contributed by atoms with E-state index in [4.69, 9.17) is 0 Å². The molecule has 6 heteroatoms. The number of aromatic nitrogens is 2. The van der Waals surface area contributed by atoms with Crippen LogP contribution in [0.4, 0.5) is 15.9 Å². The number of carbonyl (C=O) groups is 1. The maximum absolute atomic E-state index is 13.1. The molecule has 1 atom stereocenters. The van der Waals surface area contributed by atoms with Gasteiger partial charge in [-0.3, -0.25) is 4.79 Å². The summed E-state index contributed by atoms with van der Waals surface area (Å²) < 4.78 is 13.1. The third-order valence-electron chi connectivity index (χ3n) is 4.95. The highest BCUT2D eigenvalue weighted by molar-refractivity contribution is 5.93. The third-order valence-corrected chi connectivity index (χ3v) is 4.95. The van der Waals surface area contributed by atoms with Crippen LogP contribution in [0, 0.1) is 11.7 Å². The third kappa shape index (κ3) is 4.17. The molecule has 1 saturated heterocycles. The predicted octanol–water partition coefficient (Wildman–Crippen LogP) is 4.14. The number of anilines is 2. The summed E-state index contributed by atoms with van der Waals surface area (Å²) in [6, 6.07) is 19.5. The van der Waals surface area contributed by atoms with E-state index < -0.39 is 0 Å². The summed E-state index contributed by atoms with van der Waals surface area (Å²) in [6.45, 7) is 1.46. The van der Waals surface area contributed by atoms with E-state index in [1.807, 2.05) is 42.5 Å². The Morgan fingerprint density at radius 1 is 1.00 bits per heavy atom. The number of benzene rings is 2. The molecule has 0 saturated carbocycles. The second-order valence-corrected chi connectivity index (χ2v) is 6.92. The fraction of sp³-hybridized carbons (Fsp3) is 0.227. The van der Waals surface area contributed by atoms with Crippen molar-refractivity contribution in [1.82, 2.24) is 10.2 Å². The number of hydrogen-bond acceptors (Lipinski definition) is 4. The van der Waals surface area contributed by atoms with Gasteiger partial charge in [0.25, 0.3) is 0 Å². The summed E-state index contributed by atoms with van der Waals surface area (Å²) in [5, 5.41) is 11.6. The Hall–Kier alpha value is -3.28. The van der Waals surface area contributed by atoms with Crippen LogP contribution < -0.4 is 10.2 Å². The Labute approximate surface area is 163 Å². The van der Waals surface area contributed by atoms with Crippen LogP contribution in [0.2, 0.25) is 0 Å². The molecule has 2 heterocycles. The molecule has 1 aromatic heterocycles. The van der Waals surface area contributed by atoms with Crippen LogP contribution in [0.25, 0.3) is 11.3 Å². The quantitative estimate of drug-likeness (QED) is 0.744. The standard InChI is InChI=1S/C22H21FN4O/c23-18-10-8-16(9-11-18)20-12-13-21(26-25-20)27-14-4-5-17(15-27)22(28)24-19-6-2-1-3-7-19/h1-3,6-13,17H,4-5,14-15H2,(H,24,28)/t17-/m1/s1. The summed E-state index contributed by atoms with van der Waals surface area (Å²) in [7, 11) is 0. The first-order valence-corrected chi connectivity index (χ1v) is 9.39. The maximum atomic E-state index is 13.1. The van der Waals surface area contributed by atoms with Crippen LogP contribution in [-0.2, 0) is 4.79 Å². The van der Waals surface area contributed by atoms with Crippen LogP contribution in [0.15, 0.2) is 66.7 Å². The van der Waals surface area contributed by atoms with Crippen molar-refractivity contribution in [2.24, 2.45) is 5.92 Å². The Morgan fingerprint density at radius 3 is 2.50 bits per heavy atom. The van der Waals surface area contributed by atoms with Crippen LogP contribution in [0.1, 0.15) is 12.8 Å². The smallest absolute Gasteiger partial charge is 0.229 e. The van der Waals surface area contributed by atoms with Gasteiger partial charge in [-0.25, -0.2) is 4.39 Å². The van der Waals surface area contributed by atoms with Gasteiger partial charge in [-0.1, -0.05) is 18.2 Å². The number of hydrogen-bond donors (Lipinski definition) is 1. The number of rotatable bonds is 4. The van der Waals surface area contributed by atoms with Gasteiger partial charge >= 0.3 is 0 Å². The van der Waals surface area contributed by atoms with Gasteiger partial charge in [0, 0.05) is 24.3 Å². The molecular weight excluding hydrogens is 355 g/mol. The van der Waals surface area contributed by atoms with Crippen LogP contribution in [0.5, 0.6) is 0 Å². The topological polar surface area (TPSA) is 58.1 Å². The number of halogens is 1. The van der Waals surface area contributed by atoms with Crippen molar-refractivity contribution >= 4 is 17.4 Å². The van der Waals surface area contributed by atoms with Gasteiger partial charge in [-0.2, -0.15) is 0 Å². The Bertz CT molecular complexity index is 929. The molecule has 2 aromatic carbocycles. The zero-order chi connectivity index (χ0) is 19.3. The monoisotopic (exact) mass is 376 g/mol. The predicted molar refractivity (Wildman–Crippen MR) is 107 cm³/mol. The van der Waals surface area contributed by atoms with Gasteiger partial charge in [0.05, 0.1) is 11.6 Å². The molecule has 142 valence electrons. The normalized spacial score (nSPS) is 16.6. The van der Waals surface area contributed by atoms with E-state index in [0.29, 0.717) is 12.2 Å². The molecule has 1 aliphatic rings. The Morgan fingerprint density at radius 2 is 1.79 bits per heavy atom. The van der Waals surface area contributed by atoms with E-state index in [0.717, 1.165) is 36.5 Å². The number of piperidine rings is 1. The fourth-order valence-electron chi connectivity index (χ4n) is 3.43. The molecule has 4 rings (SSSR count). The maximum Gasteiger partial charge on any atom is 0.229 e. The summed E-state index contributed by atoms with van der Waals surface area (Å²) >= 11 is 0. The molecule has 5 nitrogen and oxygen atoms in total. The second kappa shape index (κ2) is 8.17. The molecular formula is C22H21FN4O. The molecule has 0 aliphatic carbocycles. The Kier molecular flexibility index (Phi) is 5.28. The van der Waals surface area contributed by atoms with Gasteiger partial charge in [0.1, 0.15) is 5.82 Å². The minimum Gasteiger partial charge on any atom is -0.354 e. The molecule has 1 fully saturated rings. The largest absolute Gasteiger partial charge is 0.354 e. The lowest BCUT2D eigenvalue weighted by Gasteiger charge is -2.32. The summed E-state index contributed by atoms with van der Waals surface area (Å²) in [5.41, 5.74) is 2.33. The number of nitrogens with one attached hydrogen (secondary N) is 1. The zero-order valence-electron chi connectivity index (χ0n) is 15.4. The van der Waals surface area contributed by atoms with E-state index >= 15 is 0 Å². The van der Waals surface area contributed by atoms with Crippen molar-refractivity contribution in [1.29, 1.82) is 0 Å². The second-order valence-electron chi connectivity index (χ2n) is 6.92. The number of amides is 1. The van der Waals surface area contributed by atoms with Gasteiger partial charge in [0.15, 0.2) is 5.82 Å². The van der Waals surface area contributed by atoms with Crippen molar-refractivity contribution in [3.63, 3.8) is 0 Å². The summed E-state index contributed by atoms with van der Waals surface area (Å²) in [4.78, 5) is 14.7. The number of para-hydroxylation sites is 1. The van der Waals surface area contributed by atoms with Gasteiger partial charge < -0.3 is 10.2 Å². The lowest BCUT2D eigenvalue weighted by molar-refractivity contribution is -0.120. The highest BCUT2D eigenvalue weighted by atomic mass is 19.1. The van der Waals surface area contributed by atoms with Gasteiger partial charge in [-0.05, 0) is 61.4 Å². The lowest BCUT2D eigenvalue weighted by atomic mass is 9.97. The molecule has 1 N–H and O–H groups in total. The summed E-state index contributed by atoms with van der Waals surface area (Å²) in [5.74, 6) is 0.420. The Balaban J connectivity index is 1.42. The lowest BCUT2D eigenvalue weighted by Crippen LogP contribution is -2.41. The van der Waals surface area contributed by atoms with Crippen molar-refractivity contribution in [2.75, 3.05) is 23.3 Å². The highest BCUT2D eigenvalue weighted by Gasteiger charge is 2.26. The van der Waals surface area contributed by atoms with E-state index in [1.54, 1.807) is 12.1 Å². The molecule has 3 aromatic rings. The summed E-state index contributed by atoms with van der Waals surface area (Å²) in [6.07, 6.45) is 1.78. The number of nitrogens with zero attached hydrogens (tertiary/aromatic N) is 3. The molecule has 1 amide bonds. The first kappa shape index (κ1) is 18.1. The van der Waals surface area contributed by atoms with E-state index in [9.17, 15) is 9.18 Å². The first-order chi connectivity index (χ1) is 13.7. The molecule has 1 aliphatic heterocycles. The molecule has 0 bridgehead atoms. The SMILES string of the molecule is O=C(Nc1ccccc1)[C@@H]1CCCN(c2ccc(-c3ccc(F)cc3)nn2)C1. The van der Waals surface area contributed by atoms with Gasteiger partial charge in [0.2, 0.25) is 5.91 Å². The van der Waals surface area contributed by atoms with Crippen molar-refractivity contribution in [2.45, 2.75) is 12.8 Å². The van der Waals surface area contributed by atoms with Crippen LogP contribution in [-0.4, -0.2) is 29.2 Å². The van der Waals surface area contributed by atoms with Crippen molar-refractivity contribution in [3.05, 3.63) is 72.5 Å². The average Bonchev–Trinajstić information content (AvgIpc) is 2.75. The van der Waals surface area contributed by atoms with Crippen molar-refractivity contribution < 1.29 is 9.18 Å². The first-order valence-electron chi connectivity index (χ1n) is 9.39. The van der Waals surface area contributed by atoms with Crippen LogP contribution >= 0.6 is 0 Å². The van der Waals surface area contributed by atoms with Crippen molar-refractivity contribution in [3.8, 4) is 11.3 Å². The highest BCUT2D eigenvalue weighted by Crippen LogP contribution is 2.24. The minimum absolute atomic E-state index is 0.0341.